The van der Waals surface area contributed by atoms with Crippen molar-refractivity contribution in [1.82, 2.24) is 14.8 Å². The molecule has 0 aliphatic carbocycles. The Labute approximate surface area is 155 Å². The van der Waals surface area contributed by atoms with Gasteiger partial charge in [-0.05, 0) is 29.6 Å². The molecule has 0 unspecified atom stereocenters. The minimum absolute atomic E-state index is 0.0157. The van der Waals surface area contributed by atoms with Crippen LogP contribution >= 0.6 is 22.9 Å². The van der Waals surface area contributed by atoms with Crippen LogP contribution in [0.3, 0.4) is 0 Å². The maximum Gasteiger partial charge on any atom is 0.256 e. The number of thiophene rings is 1. The number of nitrogens with zero attached hydrogens (tertiary/aromatic N) is 3. The number of benzene rings is 1. The third-order valence-electron chi connectivity index (χ3n) is 4.52. The van der Waals surface area contributed by atoms with E-state index in [1.165, 1.54) is 4.88 Å². The van der Waals surface area contributed by atoms with Crippen LogP contribution in [0, 0.1) is 0 Å². The fraction of sp³-hybridized carbons (Fsp3) is 0.263. The van der Waals surface area contributed by atoms with Gasteiger partial charge in [-0.15, -0.1) is 11.3 Å². The fourth-order valence-corrected chi connectivity index (χ4v) is 4.19. The number of piperazine rings is 1. The first-order chi connectivity index (χ1) is 12.2. The average Bonchev–Trinajstić information content (AvgIpc) is 3.14. The van der Waals surface area contributed by atoms with Crippen LogP contribution < -0.4 is 0 Å². The lowest BCUT2D eigenvalue weighted by Crippen LogP contribution is -2.48. The summed E-state index contributed by atoms with van der Waals surface area (Å²) in [7, 11) is 0. The summed E-state index contributed by atoms with van der Waals surface area (Å²) in [6.45, 7) is 4.18. The van der Waals surface area contributed by atoms with E-state index >= 15 is 0 Å². The molecule has 1 aliphatic rings. The quantitative estimate of drug-likeness (QED) is 0.700. The van der Waals surface area contributed by atoms with E-state index in [0.717, 1.165) is 43.6 Å². The molecule has 0 N–H and O–H groups in total. The first-order valence-electron chi connectivity index (χ1n) is 8.29. The fourth-order valence-electron chi connectivity index (χ4n) is 3.22. The number of pyridine rings is 1. The van der Waals surface area contributed by atoms with Gasteiger partial charge in [0.25, 0.3) is 5.91 Å². The lowest BCUT2D eigenvalue weighted by molar-refractivity contribution is 0.0631. The molecule has 2 aromatic heterocycles. The minimum atomic E-state index is 0.0157. The number of amides is 1. The summed E-state index contributed by atoms with van der Waals surface area (Å²) in [5.41, 5.74) is 1.31. The van der Waals surface area contributed by atoms with Crippen molar-refractivity contribution in [2.24, 2.45) is 0 Å². The Hall–Kier alpha value is -1.95. The zero-order valence-electron chi connectivity index (χ0n) is 13.7. The summed E-state index contributed by atoms with van der Waals surface area (Å²) in [6.07, 6.45) is 1.71. The summed E-state index contributed by atoms with van der Waals surface area (Å²) < 4.78 is 0. The number of rotatable bonds is 3. The molecule has 25 heavy (non-hydrogen) atoms. The number of hydrogen-bond acceptors (Lipinski definition) is 4. The van der Waals surface area contributed by atoms with Crippen molar-refractivity contribution < 1.29 is 4.79 Å². The van der Waals surface area contributed by atoms with Gasteiger partial charge in [-0.2, -0.15) is 0 Å². The van der Waals surface area contributed by atoms with Crippen LogP contribution in [0.1, 0.15) is 15.2 Å². The Morgan fingerprint density at radius 1 is 1.16 bits per heavy atom. The van der Waals surface area contributed by atoms with E-state index in [1.54, 1.807) is 23.6 Å². The SMILES string of the molecule is O=C(c1cc(Cl)cc2cccnc12)N1CCN(Cc2cccs2)CC1. The molecular formula is C19H18ClN3OS. The van der Waals surface area contributed by atoms with Crippen LogP contribution in [0.2, 0.25) is 5.02 Å². The van der Waals surface area contributed by atoms with Crippen molar-refractivity contribution in [3.05, 3.63) is 63.4 Å². The largest absolute Gasteiger partial charge is 0.336 e. The molecule has 1 fully saturated rings. The topological polar surface area (TPSA) is 36.4 Å². The molecule has 1 amide bonds. The first-order valence-corrected chi connectivity index (χ1v) is 9.55. The van der Waals surface area contributed by atoms with Crippen molar-refractivity contribution in [3.63, 3.8) is 0 Å². The third kappa shape index (κ3) is 3.54. The summed E-state index contributed by atoms with van der Waals surface area (Å²) >= 11 is 7.98. The molecule has 3 aromatic rings. The number of fused-ring (bicyclic) bond motifs is 1. The molecule has 0 atom stereocenters. The maximum atomic E-state index is 13.0. The molecule has 0 saturated carbocycles. The molecule has 3 heterocycles. The second-order valence-electron chi connectivity index (χ2n) is 6.18. The highest BCUT2D eigenvalue weighted by molar-refractivity contribution is 7.09. The van der Waals surface area contributed by atoms with Gasteiger partial charge in [0, 0.05) is 54.2 Å². The van der Waals surface area contributed by atoms with Crippen molar-refractivity contribution in [3.8, 4) is 0 Å². The molecule has 4 nitrogen and oxygen atoms in total. The number of aromatic nitrogens is 1. The van der Waals surface area contributed by atoms with E-state index < -0.39 is 0 Å². The maximum absolute atomic E-state index is 13.0. The van der Waals surface area contributed by atoms with E-state index in [4.69, 9.17) is 11.6 Å². The van der Waals surface area contributed by atoms with Crippen LogP contribution in [-0.4, -0.2) is 46.9 Å². The van der Waals surface area contributed by atoms with Gasteiger partial charge in [0.05, 0.1) is 11.1 Å². The van der Waals surface area contributed by atoms with Crippen molar-refractivity contribution in [1.29, 1.82) is 0 Å². The lowest BCUT2D eigenvalue weighted by Gasteiger charge is -2.34. The molecule has 1 saturated heterocycles. The van der Waals surface area contributed by atoms with Gasteiger partial charge in [-0.1, -0.05) is 23.7 Å². The third-order valence-corrected chi connectivity index (χ3v) is 5.60. The molecule has 1 aliphatic heterocycles. The zero-order valence-corrected chi connectivity index (χ0v) is 15.3. The highest BCUT2D eigenvalue weighted by Gasteiger charge is 2.24. The molecule has 128 valence electrons. The Kier molecular flexibility index (Phi) is 4.70. The summed E-state index contributed by atoms with van der Waals surface area (Å²) in [5.74, 6) is 0.0157. The average molecular weight is 372 g/mol. The van der Waals surface area contributed by atoms with Crippen LogP contribution in [-0.2, 0) is 6.54 Å². The molecule has 0 radical (unpaired) electrons. The van der Waals surface area contributed by atoms with E-state index in [1.807, 2.05) is 23.1 Å². The van der Waals surface area contributed by atoms with Gasteiger partial charge < -0.3 is 4.90 Å². The summed E-state index contributed by atoms with van der Waals surface area (Å²) in [6, 6.07) is 11.6. The Balaban J connectivity index is 1.49. The van der Waals surface area contributed by atoms with Crippen molar-refractivity contribution in [2.75, 3.05) is 26.2 Å². The van der Waals surface area contributed by atoms with Gasteiger partial charge in [0.1, 0.15) is 0 Å². The molecule has 6 heteroatoms. The number of hydrogen-bond donors (Lipinski definition) is 0. The highest BCUT2D eigenvalue weighted by Crippen LogP contribution is 2.24. The first kappa shape index (κ1) is 16.5. The van der Waals surface area contributed by atoms with Crippen molar-refractivity contribution >= 4 is 39.7 Å². The molecule has 0 bridgehead atoms. The van der Waals surface area contributed by atoms with Crippen LogP contribution in [0.4, 0.5) is 0 Å². The predicted molar refractivity (Wildman–Crippen MR) is 102 cm³/mol. The smallest absolute Gasteiger partial charge is 0.256 e. The van der Waals surface area contributed by atoms with E-state index in [0.29, 0.717) is 10.6 Å². The van der Waals surface area contributed by atoms with Gasteiger partial charge in [0.2, 0.25) is 0 Å². The highest BCUT2D eigenvalue weighted by atomic mass is 35.5. The summed E-state index contributed by atoms with van der Waals surface area (Å²) in [5, 5.41) is 3.57. The van der Waals surface area contributed by atoms with E-state index in [9.17, 15) is 4.79 Å². The minimum Gasteiger partial charge on any atom is -0.336 e. The molecular weight excluding hydrogens is 354 g/mol. The Morgan fingerprint density at radius 2 is 2.00 bits per heavy atom. The lowest BCUT2D eigenvalue weighted by atomic mass is 10.1. The summed E-state index contributed by atoms with van der Waals surface area (Å²) in [4.78, 5) is 23.1. The van der Waals surface area contributed by atoms with Gasteiger partial charge in [-0.3, -0.25) is 14.7 Å². The van der Waals surface area contributed by atoms with Gasteiger partial charge in [0.15, 0.2) is 0 Å². The van der Waals surface area contributed by atoms with E-state index in [-0.39, 0.29) is 5.91 Å². The number of carbonyl (C=O) groups excluding carboxylic acids is 1. The number of carbonyl (C=O) groups is 1. The van der Waals surface area contributed by atoms with Crippen LogP contribution in [0.15, 0.2) is 48.0 Å². The Bertz CT molecular complexity index is 889. The standard InChI is InChI=1S/C19H18ClN3OS/c20-15-11-14-3-1-5-21-18(14)17(12-15)19(24)23-8-6-22(7-9-23)13-16-4-2-10-25-16/h1-5,10-12H,6-9,13H2. The molecule has 4 rings (SSSR count). The van der Waals surface area contributed by atoms with Crippen LogP contribution in [0.25, 0.3) is 10.9 Å². The predicted octanol–water partition coefficient (Wildman–Crippen LogP) is 3.91. The monoisotopic (exact) mass is 371 g/mol. The normalized spacial score (nSPS) is 15.6. The Morgan fingerprint density at radius 3 is 2.76 bits per heavy atom. The molecule has 0 spiro atoms. The van der Waals surface area contributed by atoms with E-state index in [2.05, 4.69) is 27.4 Å². The zero-order chi connectivity index (χ0) is 17.2. The molecule has 1 aromatic carbocycles. The second kappa shape index (κ2) is 7.12. The van der Waals surface area contributed by atoms with Gasteiger partial charge >= 0.3 is 0 Å². The second-order valence-corrected chi connectivity index (χ2v) is 7.64. The van der Waals surface area contributed by atoms with Crippen molar-refractivity contribution in [2.45, 2.75) is 6.54 Å². The number of halogens is 1. The van der Waals surface area contributed by atoms with Gasteiger partial charge in [-0.25, -0.2) is 0 Å². The van der Waals surface area contributed by atoms with Crippen LogP contribution in [0.5, 0.6) is 0 Å².